The van der Waals surface area contributed by atoms with Crippen molar-refractivity contribution in [3.63, 3.8) is 0 Å². The number of benzene rings is 1. The minimum Gasteiger partial charge on any atom is -0.493 e. The van der Waals surface area contributed by atoms with Gasteiger partial charge in [0, 0.05) is 12.1 Å². The lowest BCUT2D eigenvalue weighted by molar-refractivity contribution is 0.288. The van der Waals surface area contributed by atoms with E-state index in [0.717, 1.165) is 43.5 Å². The molecule has 2 atom stereocenters. The van der Waals surface area contributed by atoms with Gasteiger partial charge in [-0.2, -0.15) is 0 Å². The quantitative estimate of drug-likeness (QED) is 0.886. The third-order valence-corrected chi connectivity index (χ3v) is 5.65. The molecule has 0 aromatic heterocycles. The van der Waals surface area contributed by atoms with Crippen LogP contribution in [0.3, 0.4) is 0 Å². The molecule has 1 aromatic rings. The van der Waals surface area contributed by atoms with Crippen LogP contribution in [0.2, 0.25) is 0 Å². The Morgan fingerprint density at radius 3 is 3.05 bits per heavy atom. The van der Waals surface area contributed by atoms with Crippen molar-refractivity contribution < 1.29 is 13.2 Å². The molecule has 1 fully saturated rings. The third kappa shape index (κ3) is 3.39. The van der Waals surface area contributed by atoms with E-state index in [-0.39, 0.29) is 6.04 Å². The first kappa shape index (κ1) is 14.8. The van der Waals surface area contributed by atoms with Crippen LogP contribution < -0.4 is 14.8 Å². The number of ether oxygens (including phenoxy) is 1. The standard InChI is InChI=1S/C15H22N2O3S/c1-11-9-13(6-7-16-11)17-21(18,19)14-4-5-15-12(10-14)3-2-8-20-15/h4-5,10-11,13,16-17H,2-3,6-9H2,1H3. The van der Waals surface area contributed by atoms with Gasteiger partial charge >= 0.3 is 0 Å². The van der Waals surface area contributed by atoms with E-state index in [9.17, 15) is 8.42 Å². The predicted octanol–water partition coefficient (Wildman–Crippen LogP) is 1.43. The Balaban J connectivity index is 1.78. The molecule has 1 saturated heterocycles. The first-order valence-electron chi connectivity index (χ1n) is 7.56. The van der Waals surface area contributed by atoms with Gasteiger partial charge in [0.1, 0.15) is 5.75 Å². The zero-order chi connectivity index (χ0) is 14.9. The number of rotatable bonds is 3. The van der Waals surface area contributed by atoms with Gasteiger partial charge in [-0.3, -0.25) is 0 Å². The zero-order valence-corrected chi connectivity index (χ0v) is 13.1. The highest BCUT2D eigenvalue weighted by Gasteiger charge is 2.25. The molecule has 2 aliphatic rings. The van der Waals surface area contributed by atoms with Crippen molar-refractivity contribution in [1.29, 1.82) is 0 Å². The predicted molar refractivity (Wildman–Crippen MR) is 81.1 cm³/mol. The van der Waals surface area contributed by atoms with Crippen LogP contribution in [0.5, 0.6) is 5.75 Å². The minimum atomic E-state index is -3.45. The van der Waals surface area contributed by atoms with Crippen molar-refractivity contribution in [2.24, 2.45) is 0 Å². The Morgan fingerprint density at radius 2 is 2.24 bits per heavy atom. The van der Waals surface area contributed by atoms with Gasteiger partial charge in [0.2, 0.25) is 10.0 Å². The summed E-state index contributed by atoms with van der Waals surface area (Å²) >= 11 is 0. The van der Waals surface area contributed by atoms with E-state index in [0.29, 0.717) is 17.5 Å². The fourth-order valence-electron chi connectivity index (χ4n) is 3.03. The smallest absolute Gasteiger partial charge is 0.240 e. The zero-order valence-electron chi connectivity index (χ0n) is 12.3. The highest BCUT2D eigenvalue weighted by molar-refractivity contribution is 7.89. The molecule has 2 aliphatic heterocycles. The van der Waals surface area contributed by atoms with Crippen LogP contribution in [0.15, 0.2) is 23.1 Å². The Labute approximate surface area is 126 Å². The average Bonchev–Trinajstić information content (AvgIpc) is 2.46. The van der Waals surface area contributed by atoms with Crippen LogP contribution in [-0.2, 0) is 16.4 Å². The van der Waals surface area contributed by atoms with Crippen LogP contribution in [0.25, 0.3) is 0 Å². The maximum absolute atomic E-state index is 12.5. The van der Waals surface area contributed by atoms with Crippen molar-refractivity contribution >= 4 is 10.0 Å². The number of fused-ring (bicyclic) bond motifs is 1. The third-order valence-electron chi connectivity index (χ3n) is 4.14. The van der Waals surface area contributed by atoms with Crippen molar-refractivity contribution in [3.05, 3.63) is 23.8 Å². The van der Waals surface area contributed by atoms with E-state index in [1.54, 1.807) is 18.2 Å². The van der Waals surface area contributed by atoms with E-state index >= 15 is 0 Å². The number of hydrogen-bond donors (Lipinski definition) is 2. The van der Waals surface area contributed by atoms with E-state index < -0.39 is 10.0 Å². The molecule has 6 heteroatoms. The monoisotopic (exact) mass is 310 g/mol. The second-order valence-corrected chi connectivity index (χ2v) is 7.63. The SMILES string of the molecule is CC1CC(NS(=O)(=O)c2ccc3c(c2)CCCO3)CCN1. The van der Waals surface area contributed by atoms with Crippen LogP contribution in [0.1, 0.15) is 31.7 Å². The Hall–Kier alpha value is -1.11. The van der Waals surface area contributed by atoms with Gasteiger partial charge in [-0.05, 0) is 62.9 Å². The van der Waals surface area contributed by atoms with Crippen LogP contribution in [0, 0.1) is 0 Å². The highest BCUT2D eigenvalue weighted by Crippen LogP contribution is 2.27. The lowest BCUT2D eigenvalue weighted by Gasteiger charge is -2.28. The second kappa shape index (κ2) is 5.94. The van der Waals surface area contributed by atoms with Crippen molar-refractivity contribution in [3.8, 4) is 5.75 Å². The maximum Gasteiger partial charge on any atom is 0.240 e. The molecule has 0 radical (unpaired) electrons. The summed E-state index contributed by atoms with van der Waals surface area (Å²) in [5.74, 6) is 0.815. The molecule has 0 saturated carbocycles. The first-order chi connectivity index (χ1) is 10.0. The summed E-state index contributed by atoms with van der Waals surface area (Å²) in [4.78, 5) is 0.345. The molecule has 0 amide bonds. The van der Waals surface area contributed by atoms with E-state index in [4.69, 9.17) is 4.74 Å². The summed E-state index contributed by atoms with van der Waals surface area (Å²) in [7, 11) is -3.45. The molecular weight excluding hydrogens is 288 g/mol. The van der Waals surface area contributed by atoms with E-state index in [1.165, 1.54) is 0 Å². The Kier molecular flexibility index (Phi) is 4.19. The molecule has 5 nitrogen and oxygen atoms in total. The minimum absolute atomic E-state index is 0.0125. The first-order valence-corrected chi connectivity index (χ1v) is 9.04. The number of piperidine rings is 1. The number of hydrogen-bond acceptors (Lipinski definition) is 4. The Bertz CT molecular complexity index is 615. The lowest BCUT2D eigenvalue weighted by atomic mass is 10.0. The molecule has 116 valence electrons. The van der Waals surface area contributed by atoms with Gasteiger partial charge in [-0.1, -0.05) is 0 Å². The summed E-state index contributed by atoms with van der Waals surface area (Å²) < 4.78 is 33.4. The number of aryl methyl sites for hydroxylation is 1. The molecule has 0 aliphatic carbocycles. The summed E-state index contributed by atoms with van der Waals surface area (Å²) in [5, 5.41) is 3.33. The topological polar surface area (TPSA) is 67.4 Å². The fraction of sp³-hybridized carbons (Fsp3) is 0.600. The second-order valence-electron chi connectivity index (χ2n) is 5.92. The molecular formula is C15H22N2O3S. The van der Waals surface area contributed by atoms with E-state index in [2.05, 4.69) is 17.0 Å². The van der Waals surface area contributed by atoms with Gasteiger partial charge in [0.05, 0.1) is 11.5 Å². The van der Waals surface area contributed by atoms with Crippen LogP contribution in [0.4, 0.5) is 0 Å². The lowest BCUT2D eigenvalue weighted by Crippen LogP contribution is -2.46. The molecule has 2 unspecified atom stereocenters. The maximum atomic E-state index is 12.5. The molecule has 2 N–H and O–H groups in total. The van der Waals surface area contributed by atoms with Gasteiger partial charge < -0.3 is 10.1 Å². The van der Waals surface area contributed by atoms with Gasteiger partial charge in [-0.15, -0.1) is 0 Å². The van der Waals surface area contributed by atoms with Gasteiger partial charge in [-0.25, -0.2) is 13.1 Å². The normalized spacial score (nSPS) is 26.0. The molecule has 1 aromatic carbocycles. The van der Waals surface area contributed by atoms with Crippen LogP contribution in [-0.4, -0.2) is 33.7 Å². The summed E-state index contributed by atoms with van der Waals surface area (Å²) in [6, 6.07) is 5.52. The average molecular weight is 310 g/mol. The van der Waals surface area contributed by atoms with Crippen molar-refractivity contribution in [2.45, 2.75) is 49.6 Å². The summed E-state index contributed by atoms with van der Waals surface area (Å²) in [6.07, 6.45) is 3.48. The molecule has 2 heterocycles. The van der Waals surface area contributed by atoms with Crippen molar-refractivity contribution in [1.82, 2.24) is 10.0 Å². The number of nitrogens with one attached hydrogen (secondary N) is 2. The molecule has 21 heavy (non-hydrogen) atoms. The summed E-state index contributed by atoms with van der Waals surface area (Å²) in [6.45, 7) is 3.65. The largest absolute Gasteiger partial charge is 0.493 e. The highest BCUT2D eigenvalue weighted by atomic mass is 32.2. The van der Waals surface area contributed by atoms with Crippen molar-refractivity contribution in [2.75, 3.05) is 13.2 Å². The molecule has 0 spiro atoms. The van der Waals surface area contributed by atoms with Gasteiger partial charge in [0.15, 0.2) is 0 Å². The molecule has 3 rings (SSSR count). The van der Waals surface area contributed by atoms with Gasteiger partial charge in [0.25, 0.3) is 0 Å². The van der Waals surface area contributed by atoms with E-state index in [1.807, 2.05) is 0 Å². The number of sulfonamides is 1. The molecule has 0 bridgehead atoms. The Morgan fingerprint density at radius 1 is 1.38 bits per heavy atom. The summed E-state index contributed by atoms with van der Waals surface area (Å²) in [5.41, 5.74) is 0.989. The van der Waals surface area contributed by atoms with Crippen LogP contribution >= 0.6 is 0 Å². The fourth-order valence-corrected chi connectivity index (χ4v) is 4.36.